The largest absolute Gasteiger partial charge is 0.442 e. The van der Waals surface area contributed by atoms with Crippen molar-refractivity contribution in [1.82, 2.24) is 10.6 Å². The molecule has 0 aliphatic carbocycles. The molecule has 0 saturated heterocycles. The Morgan fingerprint density at radius 1 is 1.30 bits per heavy atom. The SMILES string of the molecule is COCNC(=O)c1ccc([C@H](C)OC(=O)NC(C)(C)C)cc1F. The lowest BCUT2D eigenvalue weighted by Gasteiger charge is -2.22. The lowest BCUT2D eigenvalue weighted by molar-refractivity contribution is 0.0865. The molecule has 1 aromatic carbocycles. The monoisotopic (exact) mass is 326 g/mol. The van der Waals surface area contributed by atoms with Gasteiger partial charge in [0.2, 0.25) is 0 Å². The maximum Gasteiger partial charge on any atom is 0.408 e. The van der Waals surface area contributed by atoms with Crippen LogP contribution in [0.5, 0.6) is 0 Å². The molecule has 1 aromatic rings. The third-order valence-corrected chi connectivity index (χ3v) is 2.85. The van der Waals surface area contributed by atoms with Crippen LogP contribution < -0.4 is 10.6 Å². The molecule has 0 unspecified atom stereocenters. The van der Waals surface area contributed by atoms with E-state index < -0.39 is 29.5 Å². The van der Waals surface area contributed by atoms with E-state index in [1.54, 1.807) is 13.0 Å². The standard InChI is InChI=1S/C16H23FN2O4/c1-10(23-15(21)19-16(2,3)4)11-6-7-12(13(17)8-11)14(20)18-9-22-5/h6-8,10H,9H2,1-5H3,(H,18,20)(H,19,21)/t10-/m0/s1. The van der Waals surface area contributed by atoms with Gasteiger partial charge in [-0.25, -0.2) is 9.18 Å². The van der Waals surface area contributed by atoms with Gasteiger partial charge in [-0.3, -0.25) is 4.79 Å². The molecule has 0 aliphatic heterocycles. The molecule has 23 heavy (non-hydrogen) atoms. The van der Waals surface area contributed by atoms with Crippen LogP contribution >= 0.6 is 0 Å². The summed E-state index contributed by atoms with van der Waals surface area (Å²) < 4.78 is 23.9. The van der Waals surface area contributed by atoms with Crippen LogP contribution in [0, 0.1) is 5.82 Å². The second kappa shape index (κ2) is 7.92. The molecule has 6 nitrogen and oxygen atoms in total. The summed E-state index contributed by atoms with van der Waals surface area (Å²) in [4.78, 5) is 23.4. The van der Waals surface area contributed by atoms with Crippen LogP contribution in [-0.2, 0) is 9.47 Å². The number of rotatable bonds is 5. The molecule has 7 heteroatoms. The summed E-state index contributed by atoms with van der Waals surface area (Å²) in [5.74, 6) is -1.27. The predicted molar refractivity (Wildman–Crippen MR) is 83.5 cm³/mol. The average molecular weight is 326 g/mol. The van der Waals surface area contributed by atoms with Gasteiger partial charge >= 0.3 is 6.09 Å². The summed E-state index contributed by atoms with van der Waals surface area (Å²) in [5, 5.41) is 5.05. The van der Waals surface area contributed by atoms with Gasteiger partial charge in [-0.2, -0.15) is 0 Å². The van der Waals surface area contributed by atoms with Crippen molar-refractivity contribution in [2.45, 2.75) is 39.3 Å². The Morgan fingerprint density at radius 2 is 1.96 bits per heavy atom. The first-order chi connectivity index (χ1) is 10.6. The number of hydrogen-bond acceptors (Lipinski definition) is 4. The number of ether oxygens (including phenoxy) is 2. The van der Waals surface area contributed by atoms with Gasteiger partial charge in [-0.15, -0.1) is 0 Å². The molecular formula is C16H23FN2O4. The second-order valence-corrected chi connectivity index (χ2v) is 6.10. The van der Waals surface area contributed by atoms with Crippen LogP contribution in [0.15, 0.2) is 18.2 Å². The van der Waals surface area contributed by atoms with Gasteiger partial charge in [0.15, 0.2) is 0 Å². The van der Waals surface area contributed by atoms with Gasteiger partial charge in [0.25, 0.3) is 5.91 Å². The first-order valence-electron chi connectivity index (χ1n) is 7.19. The maximum atomic E-state index is 14.0. The Bertz CT molecular complexity index is 570. The minimum Gasteiger partial charge on any atom is -0.442 e. The van der Waals surface area contributed by atoms with E-state index in [4.69, 9.17) is 9.47 Å². The third kappa shape index (κ3) is 6.23. The number of alkyl carbamates (subject to hydrolysis) is 1. The normalized spacial score (nSPS) is 12.4. The van der Waals surface area contributed by atoms with E-state index in [1.165, 1.54) is 19.2 Å². The number of hydrogen-bond donors (Lipinski definition) is 2. The predicted octanol–water partition coefficient (Wildman–Crippen LogP) is 2.75. The van der Waals surface area contributed by atoms with Gasteiger partial charge in [-0.05, 0) is 45.4 Å². The van der Waals surface area contributed by atoms with Crippen molar-refractivity contribution in [2.75, 3.05) is 13.8 Å². The van der Waals surface area contributed by atoms with Gasteiger partial charge < -0.3 is 20.1 Å². The van der Waals surface area contributed by atoms with Crippen LogP contribution in [0.4, 0.5) is 9.18 Å². The smallest absolute Gasteiger partial charge is 0.408 e. The summed E-state index contributed by atoms with van der Waals surface area (Å²) in [6.07, 6.45) is -1.24. The molecule has 1 atom stereocenters. The quantitative estimate of drug-likeness (QED) is 0.816. The van der Waals surface area contributed by atoms with Crippen LogP contribution in [0.3, 0.4) is 0 Å². The number of nitrogens with one attached hydrogen (secondary N) is 2. The van der Waals surface area contributed by atoms with Crippen molar-refractivity contribution < 1.29 is 23.5 Å². The van der Waals surface area contributed by atoms with Gasteiger partial charge in [0.05, 0.1) is 5.56 Å². The first kappa shape index (κ1) is 18.9. The van der Waals surface area contributed by atoms with E-state index in [9.17, 15) is 14.0 Å². The number of halogens is 1. The van der Waals surface area contributed by atoms with Crippen molar-refractivity contribution in [3.63, 3.8) is 0 Å². The first-order valence-corrected chi connectivity index (χ1v) is 7.19. The number of amides is 2. The highest BCUT2D eigenvalue weighted by Gasteiger charge is 2.19. The molecule has 0 bridgehead atoms. The van der Waals surface area contributed by atoms with E-state index in [0.29, 0.717) is 5.56 Å². The Morgan fingerprint density at radius 3 is 2.48 bits per heavy atom. The van der Waals surface area contributed by atoms with E-state index in [-0.39, 0.29) is 12.3 Å². The lowest BCUT2D eigenvalue weighted by Crippen LogP contribution is -2.41. The minimum atomic E-state index is -0.692. The summed E-state index contributed by atoms with van der Waals surface area (Å²) >= 11 is 0. The summed E-state index contributed by atoms with van der Waals surface area (Å²) in [5.41, 5.74) is -0.0716. The van der Waals surface area contributed by atoms with Gasteiger partial charge in [-0.1, -0.05) is 6.07 Å². The van der Waals surface area contributed by atoms with Gasteiger partial charge in [0.1, 0.15) is 18.7 Å². The van der Waals surface area contributed by atoms with Crippen LogP contribution in [0.1, 0.15) is 49.7 Å². The molecule has 0 heterocycles. The molecular weight excluding hydrogens is 303 g/mol. The fraction of sp³-hybridized carbons (Fsp3) is 0.500. The second-order valence-electron chi connectivity index (χ2n) is 6.10. The molecule has 0 saturated carbocycles. The van der Waals surface area contributed by atoms with Crippen LogP contribution in [-0.4, -0.2) is 31.4 Å². The highest BCUT2D eigenvalue weighted by atomic mass is 19.1. The summed E-state index contributed by atoms with van der Waals surface area (Å²) in [6, 6.07) is 4.06. The average Bonchev–Trinajstić information content (AvgIpc) is 2.42. The molecule has 0 aliphatic rings. The van der Waals surface area contributed by atoms with Crippen molar-refractivity contribution in [2.24, 2.45) is 0 Å². The zero-order valence-corrected chi connectivity index (χ0v) is 14.0. The van der Waals surface area contributed by atoms with E-state index >= 15 is 0 Å². The topological polar surface area (TPSA) is 76.7 Å². The number of carbonyl (C=O) groups excluding carboxylic acids is 2. The van der Waals surface area contributed by atoms with Crippen molar-refractivity contribution >= 4 is 12.0 Å². The highest BCUT2D eigenvalue weighted by Crippen LogP contribution is 2.20. The third-order valence-electron chi connectivity index (χ3n) is 2.85. The van der Waals surface area contributed by atoms with Crippen molar-refractivity contribution in [1.29, 1.82) is 0 Å². The maximum absolute atomic E-state index is 14.0. The number of methoxy groups -OCH3 is 1. The Hall–Kier alpha value is -2.15. The van der Waals surface area contributed by atoms with Crippen molar-refractivity contribution in [3.05, 3.63) is 35.1 Å². The van der Waals surface area contributed by atoms with Crippen LogP contribution in [0.25, 0.3) is 0 Å². The highest BCUT2D eigenvalue weighted by molar-refractivity contribution is 5.94. The molecule has 0 aromatic heterocycles. The summed E-state index contributed by atoms with van der Waals surface area (Å²) in [7, 11) is 1.42. The Kier molecular flexibility index (Phi) is 6.50. The molecule has 0 spiro atoms. The van der Waals surface area contributed by atoms with Crippen molar-refractivity contribution in [3.8, 4) is 0 Å². The molecule has 2 amide bonds. The van der Waals surface area contributed by atoms with E-state index in [2.05, 4.69) is 10.6 Å². The van der Waals surface area contributed by atoms with Gasteiger partial charge in [0, 0.05) is 12.6 Å². The fourth-order valence-corrected chi connectivity index (χ4v) is 1.77. The zero-order valence-electron chi connectivity index (χ0n) is 14.0. The molecule has 1 rings (SSSR count). The molecule has 0 fully saturated rings. The van der Waals surface area contributed by atoms with E-state index in [0.717, 1.165) is 0 Å². The molecule has 128 valence electrons. The fourth-order valence-electron chi connectivity index (χ4n) is 1.77. The molecule has 2 N–H and O–H groups in total. The minimum absolute atomic E-state index is 0.00743. The summed E-state index contributed by atoms with van der Waals surface area (Å²) in [6.45, 7) is 7.10. The van der Waals surface area contributed by atoms with E-state index in [1.807, 2.05) is 20.8 Å². The Balaban J connectivity index is 2.76. The Labute approximate surface area is 135 Å². The lowest BCUT2D eigenvalue weighted by atomic mass is 10.1. The number of benzene rings is 1. The zero-order chi connectivity index (χ0) is 17.6. The molecule has 0 radical (unpaired) electrons. The van der Waals surface area contributed by atoms with Crippen LogP contribution in [0.2, 0.25) is 0 Å². The number of carbonyl (C=O) groups is 2.